The highest BCUT2D eigenvalue weighted by molar-refractivity contribution is 9.10. The summed E-state index contributed by atoms with van der Waals surface area (Å²) in [5.74, 6) is 0.617. The minimum absolute atomic E-state index is 0.422. The lowest BCUT2D eigenvalue weighted by atomic mass is 10.1. The van der Waals surface area contributed by atoms with E-state index in [0.717, 1.165) is 15.2 Å². The highest BCUT2D eigenvalue weighted by atomic mass is 79.9. The predicted octanol–water partition coefficient (Wildman–Crippen LogP) is 5.22. The second-order valence-corrected chi connectivity index (χ2v) is 5.89. The Morgan fingerprint density at radius 2 is 1.74 bits per heavy atom. The van der Waals surface area contributed by atoms with Crippen LogP contribution in [0.4, 0.5) is 0 Å². The first-order chi connectivity index (χ1) is 11.2. The van der Waals surface area contributed by atoms with E-state index in [1.54, 1.807) is 24.3 Å². The van der Waals surface area contributed by atoms with Gasteiger partial charge in [0.25, 0.3) is 0 Å². The highest BCUT2D eigenvalue weighted by Crippen LogP contribution is 2.26. The Morgan fingerprint density at radius 1 is 1.00 bits per heavy atom. The first kappa shape index (κ1) is 15.6. The van der Waals surface area contributed by atoms with Crippen molar-refractivity contribution in [1.82, 2.24) is 0 Å². The molecule has 0 saturated carbocycles. The fourth-order valence-corrected chi connectivity index (χ4v) is 2.72. The summed E-state index contributed by atoms with van der Waals surface area (Å²) in [4.78, 5) is 12.4. The Balaban J connectivity index is 1.87. The summed E-state index contributed by atoms with van der Waals surface area (Å²) < 4.78 is 12.0. The number of benzene rings is 3. The number of rotatable bonds is 4. The molecule has 4 heteroatoms. The van der Waals surface area contributed by atoms with E-state index in [1.807, 2.05) is 43.3 Å². The molecule has 0 heterocycles. The molecule has 116 valence electrons. The summed E-state index contributed by atoms with van der Waals surface area (Å²) >= 11 is 3.45. The van der Waals surface area contributed by atoms with Crippen molar-refractivity contribution in [3.05, 3.63) is 70.7 Å². The maximum atomic E-state index is 12.4. The Bertz CT molecular complexity index is 858. The third-order valence-electron chi connectivity index (χ3n) is 3.39. The third kappa shape index (κ3) is 3.54. The van der Waals surface area contributed by atoms with E-state index >= 15 is 0 Å². The standard InChI is InChI=1S/C19H15BrO3/c1-2-22-18-6-4-3-5-17(18)19(21)23-16-10-8-13-11-15(20)9-7-14(13)12-16/h3-12H,2H2,1H3. The molecule has 0 saturated heterocycles. The molecule has 0 radical (unpaired) electrons. The van der Waals surface area contributed by atoms with E-state index in [0.29, 0.717) is 23.7 Å². The second-order valence-electron chi connectivity index (χ2n) is 4.97. The van der Waals surface area contributed by atoms with E-state index in [1.165, 1.54) is 0 Å². The van der Waals surface area contributed by atoms with E-state index in [9.17, 15) is 4.79 Å². The lowest BCUT2D eigenvalue weighted by Gasteiger charge is -2.10. The van der Waals surface area contributed by atoms with Gasteiger partial charge < -0.3 is 9.47 Å². The van der Waals surface area contributed by atoms with Crippen molar-refractivity contribution in [3.63, 3.8) is 0 Å². The van der Waals surface area contributed by atoms with Gasteiger partial charge in [0.1, 0.15) is 17.1 Å². The zero-order chi connectivity index (χ0) is 16.2. The predicted molar refractivity (Wildman–Crippen MR) is 94.2 cm³/mol. The van der Waals surface area contributed by atoms with Gasteiger partial charge in [-0.15, -0.1) is 0 Å². The van der Waals surface area contributed by atoms with Crippen LogP contribution in [0.15, 0.2) is 65.1 Å². The molecule has 3 nitrogen and oxygen atoms in total. The van der Waals surface area contributed by atoms with Crippen LogP contribution in [0, 0.1) is 0 Å². The van der Waals surface area contributed by atoms with Crippen molar-refractivity contribution in [2.24, 2.45) is 0 Å². The van der Waals surface area contributed by atoms with Crippen LogP contribution in [0.25, 0.3) is 10.8 Å². The summed E-state index contributed by atoms with van der Waals surface area (Å²) in [7, 11) is 0. The molecular weight excluding hydrogens is 356 g/mol. The number of hydrogen-bond acceptors (Lipinski definition) is 3. The van der Waals surface area contributed by atoms with Gasteiger partial charge in [-0.25, -0.2) is 4.79 Å². The topological polar surface area (TPSA) is 35.5 Å². The molecule has 23 heavy (non-hydrogen) atoms. The molecule has 0 aromatic heterocycles. The van der Waals surface area contributed by atoms with Crippen molar-refractivity contribution < 1.29 is 14.3 Å². The van der Waals surface area contributed by atoms with Crippen LogP contribution in [0.5, 0.6) is 11.5 Å². The molecule has 0 atom stereocenters. The largest absolute Gasteiger partial charge is 0.493 e. The minimum atomic E-state index is -0.425. The number of para-hydroxylation sites is 1. The Morgan fingerprint density at radius 3 is 2.57 bits per heavy atom. The normalized spacial score (nSPS) is 10.5. The molecule has 0 amide bonds. The summed E-state index contributed by atoms with van der Waals surface area (Å²) in [5, 5.41) is 2.09. The maximum absolute atomic E-state index is 12.4. The van der Waals surface area contributed by atoms with E-state index in [2.05, 4.69) is 15.9 Å². The summed E-state index contributed by atoms with van der Waals surface area (Å²) in [6.07, 6.45) is 0. The molecule has 3 aromatic carbocycles. The fourth-order valence-electron chi connectivity index (χ4n) is 2.34. The van der Waals surface area contributed by atoms with Crippen LogP contribution in [-0.2, 0) is 0 Å². The molecule has 3 rings (SSSR count). The van der Waals surface area contributed by atoms with Crippen molar-refractivity contribution in [1.29, 1.82) is 0 Å². The van der Waals surface area contributed by atoms with Crippen LogP contribution >= 0.6 is 15.9 Å². The van der Waals surface area contributed by atoms with Crippen molar-refractivity contribution in [3.8, 4) is 11.5 Å². The fraction of sp³-hybridized carbons (Fsp3) is 0.105. The van der Waals surface area contributed by atoms with Gasteiger partial charge in [-0.3, -0.25) is 0 Å². The molecule has 0 aliphatic heterocycles. The van der Waals surface area contributed by atoms with Gasteiger partial charge in [-0.1, -0.05) is 40.2 Å². The second kappa shape index (κ2) is 6.84. The van der Waals surface area contributed by atoms with Crippen molar-refractivity contribution in [2.75, 3.05) is 6.61 Å². The minimum Gasteiger partial charge on any atom is -0.493 e. The number of fused-ring (bicyclic) bond motifs is 1. The third-order valence-corrected chi connectivity index (χ3v) is 3.88. The van der Waals surface area contributed by atoms with Crippen LogP contribution in [0.1, 0.15) is 17.3 Å². The zero-order valence-electron chi connectivity index (χ0n) is 12.6. The van der Waals surface area contributed by atoms with Gasteiger partial charge >= 0.3 is 5.97 Å². The van der Waals surface area contributed by atoms with Gasteiger partial charge in [0.2, 0.25) is 0 Å². The van der Waals surface area contributed by atoms with Crippen LogP contribution in [-0.4, -0.2) is 12.6 Å². The van der Waals surface area contributed by atoms with Gasteiger partial charge in [-0.2, -0.15) is 0 Å². The molecule has 0 fully saturated rings. The van der Waals surface area contributed by atoms with E-state index < -0.39 is 5.97 Å². The molecule has 0 N–H and O–H groups in total. The first-order valence-electron chi connectivity index (χ1n) is 7.30. The smallest absolute Gasteiger partial charge is 0.347 e. The SMILES string of the molecule is CCOc1ccccc1C(=O)Oc1ccc2cc(Br)ccc2c1. The monoisotopic (exact) mass is 370 g/mol. The van der Waals surface area contributed by atoms with E-state index in [4.69, 9.17) is 9.47 Å². The summed E-state index contributed by atoms with van der Waals surface area (Å²) in [6.45, 7) is 2.37. The van der Waals surface area contributed by atoms with Gasteiger partial charge in [0.05, 0.1) is 6.61 Å². The number of halogens is 1. The molecule has 0 aliphatic carbocycles. The molecule has 0 spiro atoms. The summed E-state index contributed by atoms with van der Waals surface area (Å²) in [6, 6.07) is 18.6. The average molecular weight is 371 g/mol. The zero-order valence-corrected chi connectivity index (χ0v) is 14.2. The highest BCUT2D eigenvalue weighted by Gasteiger charge is 2.14. The van der Waals surface area contributed by atoms with Crippen LogP contribution < -0.4 is 9.47 Å². The lowest BCUT2D eigenvalue weighted by Crippen LogP contribution is -2.10. The Kier molecular flexibility index (Phi) is 4.63. The van der Waals surface area contributed by atoms with Crippen molar-refractivity contribution >= 4 is 32.7 Å². The molecule has 0 unspecified atom stereocenters. The van der Waals surface area contributed by atoms with Crippen molar-refractivity contribution in [2.45, 2.75) is 6.92 Å². The van der Waals surface area contributed by atoms with Gasteiger partial charge in [0, 0.05) is 4.47 Å². The number of ether oxygens (including phenoxy) is 2. The van der Waals surface area contributed by atoms with Gasteiger partial charge in [0.15, 0.2) is 0 Å². The number of hydrogen-bond donors (Lipinski definition) is 0. The van der Waals surface area contributed by atoms with Crippen LogP contribution in [0.3, 0.4) is 0 Å². The Hall–Kier alpha value is -2.33. The number of esters is 1. The van der Waals surface area contributed by atoms with Crippen LogP contribution in [0.2, 0.25) is 0 Å². The van der Waals surface area contributed by atoms with E-state index in [-0.39, 0.29) is 0 Å². The summed E-state index contributed by atoms with van der Waals surface area (Å²) in [5.41, 5.74) is 0.422. The molecular formula is C19H15BrO3. The lowest BCUT2D eigenvalue weighted by molar-refractivity contribution is 0.0731. The molecule has 3 aromatic rings. The maximum Gasteiger partial charge on any atom is 0.347 e. The molecule has 0 bridgehead atoms. The quantitative estimate of drug-likeness (QED) is 0.466. The first-order valence-corrected chi connectivity index (χ1v) is 8.10. The average Bonchev–Trinajstić information content (AvgIpc) is 2.56. The number of carbonyl (C=O) groups is 1. The van der Waals surface area contributed by atoms with Gasteiger partial charge in [-0.05, 0) is 54.1 Å². The Labute approximate surface area is 143 Å². The molecule has 0 aliphatic rings. The number of carbonyl (C=O) groups excluding carboxylic acids is 1.